The molecule has 0 aliphatic carbocycles. The van der Waals surface area contributed by atoms with Gasteiger partial charge in [-0.05, 0) is 43.0 Å². The molecule has 3 heteroatoms. The first-order valence-electron chi connectivity index (χ1n) is 7.33. The number of carbonyl (C=O) groups is 1. The number of hydrogen-bond acceptors (Lipinski definition) is 1. The number of urea groups is 1. The predicted octanol–water partition coefficient (Wildman–Crippen LogP) is 5.15. The maximum atomic E-state index is 12.1. The third-order valence-electron chi connectivity index (χ3n) is 3.66. The van der Waals surface area contributed by atoms with Gasteiger partial charge in [-0.15, -0.1) is 0 Å². The van der Waals surface area contributed by atoms with E-state index in [1.165, 1.54) is 11.1 Å². The Morgan fingerprint density at radius 2 is 1.71 bits per heavy atom. The summed E-state index contributed by atoms with van der Waals surface area (Å²) in [5, 5.41) is 5.79. The Balaban J connectivity index is 2.07. The molecule has 0 aromatic heterocycles. The smallest absolute Gasteiger partial charge is 0.308 e. The second kappa shape index (κ2) is 6.93. The van der Waals surface area contributed by atoms with Gasteiger partial charge in [-0.1, -0.05) is 49.7 Å². The average Bonchev–Trinajstić information content (AvgIpc) is 2.49. The average molecular weight is 282 g/mol. The number of para-hydroxylation sites is 1. The summed E-state index contributed by atoms with van der Waals surface area (Å²) in [5.74, 6) is 0.417. The van der Waals surface area contributed by atoms with Crippen molar-refractivity contribution < 1.29 is 4.79 Å². The molecule has 0 saturated heterocycles. The maximum absolute atomic E-state index is 12.1. The minimum atomic E-state index is -0.213. The number of hydrogen-bond donors (Lipinski definition) is 2. The van der Waals surface area contributed by atoms with Crippen molar-refractivity contribution in [1.29, 1.82) is 0 Å². The maximum Gasteiger partial charge on any atom is 0.323 e. The van der Waals surface area contributed by atoms with Crippen LogP contribution in [0.25, 0.3) is 0 Å². The standard InChI is InChI=1S/C18H22N2O/c1-4-14(3)16-7-5-6-8-17(16)20-18(21)19-15-11-9-13(2)10-12-15/h5-12,14H,4H2,1-3H3,(H2,19,20,21). The van der Waals surface area contributed by atoms with Crippen LogP contribution in [0.1, 0.15) is 37.3 Å². The van der Waals surface area contributed by atoms with Crippen molar-refractivity contribution in [3.05, 3.63) is 59.7 Å². The molecular formula is C18H22N2O. The topological polar surface area (TPSA) is 41.1 Å². The van der Waals surface area contributed by atoms with Gasteiger partial charge in [0.2, 0.25) is 0 Å². The Labute approximate surface area is 126 Å². The predicted molar refractivity (Wildman–Crippen MR) is 89.0 cm³/mol. The lowest BCUT2D eigenvalue weighted by Gasteiger charge is -2.16. The quantitative estimate of drug-likeness (QED) is 0.799. The molecule has 2 aromatic rings. The van der Waals surface area contributed by atoms with Crippen molar-refractivity contribution >= 4 is 17.4 Å². The molecule has 0 saturated carbocycles. The van der Waals surface area contributed by atoms with Crippen molar-refractivity contribution in [3.63, 3.8) is 0 Å². The summed E-state index contributed by atoms with van der Waals surface area (Å²) in [5.41, 5.74) is 4.00. The van der Waals surface area contributed by atoms with E-state index >= 15 is 0 Å². The monoisotopic (exact) mass is 282 g/mol. The fourth-order valence-electron chi connectivity index (χ4n) is 2.18. The summed E-state index contributed by atoms with van der Waals surface area (Å²) < 4.78 is 0. The molecule has 0 radical (unpaired) electrons. The second-order valence-corrected chi connectivity index (χ2v) is 5.34. The van der Waals surface area contributed by atoms with Gasteiger partial charge in [0.05, 0.1) is 0 Å². The molecule has 1 unspecified atom stereocenters. The van der Waals surface area contributed by atoms with Gasteiger partial charge in [0.15, 0.2) is 0 Å². The molecule has 0 bridgehead atoms. The molecular weight excluding hydrogens is 260 g/mol. The second-order valence-electron chi connectivity index (χ2n) is 5.34. The van der Waals surface area contributed by atoms with E-state index in [-0.39, 0.29) is 6.03 Å². The zero-order valence-electron chi connectivity index (χ0n) is 12.8. The van der Waals surface area contributed by atoms with E-state index in [9.17, 15) is 4.79 Å². The van der Waals surface area contributed by atoms with Crippen molar-refractivity contribution in [2.45, 2.75) is 33.1 Å². The van der Waals surface area contributed by atoms with E-state index in [0.29, 0.717) is 5.92 Å². The van der Waals surface area contributed by atoms with Crippen molar-refractivity contribution in [3.8, 4) is 0 Å². The van der Waals surface area contributed by atoms with Gasteiger partial charge in [0.25, 0.3) is 0 Å². The fraction of sp³-hybridized carbons (Fsp3) is 0.278. The van der Waals surface area contributed by atoms with Gasteiger partial charge in [-0.3, -0.25) is 0 Å². The van der Waals surface area contributed by atoms with Crippen molar-refractivity contribution in [1.82, 2.24) is 0 Å². The number of benzene rings is 2. The molecule has 0 spiro atoms. The Bertz CT molecular complexity index is 605. The number of nitrogens with one attached hydrogen (secondary N) is 2. The highest BCUT2D eigenvalue weighted by Gasteiger charge is 2.10. The number of anilines is 2. The molecule has 110 valence electrons. The lowest BCUT2D eigenvalue weighted by atomic mass is 9.97. The van der Waals surface area contributed by atoms with Crippen LogP contribution in [0.4, 0.5) is 16.2 Å². The van der Waals surface area contributed by atoms with Crippen LogP contribution in [0, 0.1) is 6.92 Å². The number of amides is 2. The molecule has 0 aliphatic heterocycles. The van der Waals surface area contributed by atoms with E-state index in [4.69, 9.17) is 0 Å². The fourth-order valence-corrected chi connectivity index (χ4v) is 2.18. The minimum absolute atomic E-state index is 0.213. The van der Waals surface area contributed by atoms with Crippen LogP contribution in [0.15, 0.2) is 48.5 Å². The van der Waals surface area contributed by atoms with Crippen LogP contribution in [0.3, 0.4) is 0 Å². The van der Waals surface area contributed by atoms with Gasteiger partial charge in [-0.2, -0.15) is 0 Å². The van der Waals surface area contributed by atoms with Crippen LogP contribution in [0.5, 0.6) is 0 Å². The van der Waals surface area contributed by atoms with Crippen LogP contribution >= 0.6 is 0 Å². The highest BCUT2D eigenvalue weighted by Crippen LogP contribution is 2.26. The Kier molecular flexibility index (Phi) is 4.99. The molecule has 0 heterocycles. The Morgan fingerprint density at radius 3 is 2.38 bits per heavy atom. The summed E-state index contributed by atoms with van der Waals surface area (Å²) in [6, 6.07) is 15.5. The summed E-state index contributed by atoms with van der Waals surface area (Å²) >= 11 is 0. The lowest BCUT2D eigenvalue weighted by Crippen LogP contribution is -2.20. The number of carbonyl (C=O) groups excluding carboxylic acids is 1. The molecule has 3 nitrogen and oxygen atoms in total. The van der Waals surface area contributed by atoms with Crippen LogP contribution in [-0.4, -0.2) is 6.03 Å². The molecule has 2 aromatic carbocycles. The summed E-state index contributed by atoms with van der Waals surface area (Å²) in [6.07, 6.45) is 1.04. The molecule has 21 heavy (non-hydrogen) atoms. The highest BCUT2D eigenvalue weighted by atomic mass is 16.2. The van der Waals surface area contributed by atoms with E-state index in [2.05, 4.69) is 30.5 Å². The third kappa shape index (κ3) is 4.09. The Morgan fingerprint density at radius 1 is 1.05 bits per heavy atom. The lowest BCUT2D eigenvalue weighted by molar-refractivity contribution is 0.262. The zero-order valence-corrected chi connectivity index (χ0v) is 12.8. The number of rotatable bonds is 4. The summed E-state index contributed by atoms with van der Waals surface area (Å²) in [7, 11) is 0. The van der Waals surface area contributed by atoms with Gasteiger partial charge >= 0.3 is 6.03 Å². The van der Waals surface area contributed by atoms with Crippen LogP contribution < -0.4 is 10.6 Å². The summed E-state index contributed by atoms with van der Waals surface area (Å²) in [6.45, 7) is 6.33. The molecule has 1 atom stereocenters. The largest absolute Gasteiger partial charge is 0.323 e. The minimum Gasteiger partial charge on any atom is -0.308 e. The van der Waals surface area contributed by atoms with Gasteiger partial charge < -0.3 is 10.6 Å². The molecule has 2 N–H and O–H groups in total. The zero-order chi connectivity index (χ0) is 15.2. The van der Waals surface area contributed by atoms with Gasteiger partial charge in [0, 0.05) is 11.4 Å². The van der Waals surface area contributed by atoms with Crippen LogP contribution in [0.2, 0.25) is 0 Å². The first kappa shape index (κ1) is 15.1. The van der Waals surface area contributed by atoms with E-state index < -0.39 is 0 Å². The van der Waals surface area contributed by atoms with Crippen LogP contribution in [-0.2, 0) is 0 Å². The van der Waals surface area contributed by atoms with E-state index in [1.54, 1.807) is 0 Å². The SMILES string of the molecule is CCC(C)c1ccccc1NC(=O)Nc1ccc(C)cc1. The van der Waals surface area contributed by atoms with Gasteiger partial charge in [-0.25, -0.2) is 4.79 Å². The third-order valence-corrected chi connectivity index (χ3v) is 3.66. The first-order chi connectivity index (χ1) is 10.1. The normalized spacial score (nSPS) is 11.8. The summed E-state index contributed by atoms with van der Waals surface area (Å²) in [4.78, 5) is 12.1. The van der Waals surface area contributed by atoms with Crippen molar-refractivity contribution in [2.75, 3.05) is 10.6 Å². The first-order valence-corrected chi connectivity index (χ1v) is 7.33. The van der Waals surface area contributed by atoms with Crippen molar-refractivity contribution in [2.24, 2.45) is 0 Å². The van der Waals surface area contributed by atoms with E-state index in [1.807, 2.05) is 49.4 Å². The molecule has 0 fully saturated rings. The van der Waals surface area contributed by atoms with Gasteiger partial charge in [0.1, 0.15) is 0 Å². The highest BCUT2D eigenvalue weighted by molar-refractivity contribution is 6.00. The molecule has 2 amide bonds. The Hall–Kier alpha value is -2.29. The molecule has 2 rings (SSSR count). The number of aryl methyl sites for hydroxylation is 1. The molecule has 0 aliphatic rings. The van der Waals surface area contributed by atoms with E-state index in [0.717, 1.165) is 17.8 Å².